The van der Waals surface area contributed by atoms with Gasteiger partial charge in [-0.25, -0.2) is 9.97 Å². The number of benzene rings is 2. The molecular weight excluding hydrogens is 338 g/mol. The molecule has 25 heavy (non-hydrogen) atoms. The minimum absolute atomic E-state index is 0.0276. The molecule has 2 aromatic carbocycles. The van der Waals surface area contributed by atoms with Gasteiger partial charge in [-0.15, -0.1) is 11.3 Å². The van der Waals surface area contributed by atoms with Crippen LogP contribution in [-0.2, 0) is 0 Å². The van der Waals surface area contributed by atoms with Gasteiger partial charge in [0, 0.05) is 17.8 Å². The molecule has 0 aliphatic carbocycles. The van der Waals surface area contributed by atoms with Crippen LogP contribution in [0.1, 0.15) is 0 Å². The predicted octanol–water partition coefficient (Wildman–Crippen LogP) is 5.06. The zero-order valence-electron chi connectivity index (χ0n) is 12.8. The molecule has 0 bridgehead atoms. The van der Waals surface area contributed by atoms with Crippen LogP contribution in [0.25, 0.3) is 20.8 Å². The maximum atomic E-state index is 11.0. The summed E-state index contributed by atoms with van der Waals surface area (Å²) >= 11 is 1.61. The first-order valence-corrected chi connectivity index (χ1v) is 8.25. The van der Waals surface area contributed by atoms with Crippen LogP contribution in [0.3, 0.4) is 0 Å². The number of nitro groups is 1. The second-order valence-corrected chi connectivity index (χ2v) is 6.23. The lowest BCUT2D eigenvalue weighted by Gasteiger charge is -2.05. The summed E-state index contributed by atoms with van der Waals surface area (Å²) in [7, 11) is 0. The Balaban J connectivity index is 1.61. The lowest BCUT2D eigenvalue weighted by Crippen LogP contribution is -1.95. The van der Waals surface area contributed by atoms with Crippen molar-refractivity contribution in [3.8, 4) is 22.2 Å². The molecule has 0 fully saturated rings. The van der Waals surface area contributed by atoms with Gasteiger partial charge in [-0.3, -0.25) is 10.1 Å². The van der Waals surface area contributed by atoms with E-state index >= 15 is 0 Å². The van der Waals surface area contributed by atoms with Crippen molar-refractivity contribution in [1.29, 1.82) is 0 Å². The van der Waals surface area contributed by atoms with Crippen molar-refractivity contribution in [3.05, 3.63) is 77.0 Å². The molecule has 0 radical (unpaired) electrons. The number of nitrogens with zero attached hydrogens (tertiary/aromatic N) is 3. The van der Waals surface area contributed by atoms with E-state index in [1.165, 1.54) is 18.3 Å². The molecular formula is C18H11N3O3S. The Kier molecular flexibility index (Phi) is 3.83. The maximum Gasteiger partial charge on any atom is 0.331 e. The van der Waals surface area contributed by atoms with E-state index < -0.39 is 4.92 Å². The van der Waals surface area contributed by atoms with Crippen molar-refractivity contribution in [3.63, 3.8) is 0 Å². The van der Waals surface area contributed by atoms with E-state index in [-0.39, 0.29) is 11.6 Å². The highest BCUT2D eigenvalue weighted by molar-refractivity contribution is 7.21. The normalized spacial score (nSPS) is 10.7. The summed E-state index contributed by atoms with van der Waals surface area (Å²) in [5.41, 5.74) is 1.76. The fourth-order valence-corrected chi connectivity index (χ4v) is 3.34. The first kappa shape index (κ1) is 15.2. The van der Waals surface area contributed by atoms with Gasteiger partial charge in [0.2, 0.25) is 0 Å². The SMILES string of the molecule is O=[N+]([O-])c1cccnc1Oc1ccc(-c2nc3ccccc3s2)cc1. The van der Waals surface area contributed by atoms with Crippen molar-refractivity contribution in [1.82, 2.24) is 9.97 Å². The average molecular weight is 349 g/mol. The molecule has 6 nitrogen and oxygen atoms in total. The third-order valence-electron chi connectivity index (χ3n) is 3.56. The summed E-state index contributed by atoms with van der Waals surface area (Å²) in [6.07, 6.45) is 1.46. The molecule has 0 atom stereocenters. The minimum Gasteiger partial charge on any atom is -0.434 e. The second-order valence-electron chi connectivity index (χ2n) is 5.20. The van der Waals surface area contributed by atoms with Crippen LogP contribution >= 0.6 is 11.3 Å². The quantitative estimate of drug-likeness (QED) is 0.380. The largest absolute Gasteiger partial charge is 0.434 e. The molecule has 0 spiro atoms. The lowest BCUT2D eigenvalue weighted by atomic mass is 10.2. The van der Waals surface area contributed by atoms with Crippen LogP contribution in [0.5, 0.6) is 11.6 Å². The van der Waals surface area contributed by atoms with E-state index in [1.54, 1.807) is 23.5 Å². The Bertz CT molecular complexity index is 1030. The fraction of sp³-hybridized carbons (Fsp3) is 0. The van der Waals surface area contributed by atoms with Crippen molar-refractivity contribution in [2.45, 2.75) is 0 Å². The number of hydrogen-bond donors (Lipinski definition) is 0. The van der Waals surface area contributed by atoms with Gasteiger partial charge >= 0.3 is 5.69 Å². The third-order valence-corrected chi connectivity index (χ3v) is 4.64. The number of pyridine rings is 1. The van der Waals surface area contributed by atoms with Gasteiger partial charge in [0.05, 0.1) is 15.1 Å². The van der Waals surface area contributed by atoms with Crippen LogP contribution in [-0.4, -0.2) is 14.9 Å². The molecule has 4 rings (SSSR count). The van der Waals surface area contributed by atoms with Crippen molar-refractivity contribution < 1.29 is 9.66 Å². The van der Waals surface area contributed by atoms with Crippen LogP contribution in [0, 0.1) is 10.1 Å². The zero-order valence-corrected chi connectivity index (χ0v) is 13.6. The van der Waals surface area contributed by atoms with Crippen molar-refractivity contribution >= 4 is 27.2 Å². The summed E-state index contributed by atoms with van der Waals surface area (Å²) < 4.78 is 6.68. The molecule has 0 aliphatic rings. The van der Waals surface area contributed by atoms with E-state index in [9.17, 15) is 10.1 Å². The molecule has 2 aromatic heterocycles. The van der Waals surface area contributed by atoms with E-state index in [4.69, 9.17) is 4.74 Å². The lowest BCUT2D eigenvalue weighted by molar-refractivity contribution is -0.386. The van der Waals surface area contributed by atoms with Crippen LogP contribution < -0.4 is 4.74 Å². The van der Waals surface area contributed by atoms with E-state index in [1.807, 2.05) is 36.4 Å². The first-order chi connectivity index (χ1) is 12.2. The predicted molar refractivity (Wildman–Crippen MR) is 96.0 cm³/mol. The van der Waals surface area contributed by atoms with E-state index in [0.29, 0.717) is 5.75 Å². The molecule has 0 saturated heterocycles. The average Bonchev–Trinajstić information content (AvgIpc) is 3.07. The molecule has 7 heteroatoms. The number of rotatable bonds is 4. The fourth-order valence-electron chi connectivity index (χ4n) is 2.37. The smallest absolute Gasteiger partial charge is 0.331 e. The molecule has 0 unspecified atom stereocenters. The number of thiazole rings is 1. The number of fused-ring (bicyclic) bond motifs is 1. The summed E-state index contributed by atoms with van der Waals surface area (Å²) in [5, 5.41) is 11.9. The molecule has 0 aliphatic heterocycles. The van der Waals surface area contributed by atoms with Gasteiger partial charge in [-0.1, -0.05) is 12.1 Å². The third kappa shape index (κ3) is 3.05. The Morgan fingerprint density at radius 1 is 1.00 bits per heavy atom. The first-order valence-electron chi connectivity index (χ1n) is 7.44. The molecule has 122 valence electrons. The maximum absolute atomic E-state index is 11.0. The van der Waals surface area contributed by atoms with E-state index in [2.05, 4.69) is 9.97 Å². The molecule has 4 aromatic rings. The van der Waals surface area contributed by atoms with Gasteiger partial charge < -0.3 is 4.74 Å². The second kappa shape index (κ2) is 6.29. The highest BCUT2D eigenvalue weighted by Gasteiger charge is 2.16. The number of ether oxygens (including phenoxy) is 1. The Morgan fingerprint density at radius 2 is 1.80 bits per heavy atom. The Labute approximate surface area is 146 Å². The number of aromatic nitrogens is 2. The van der Waals surface area contributed by atoms with Crippen LogP contribution in [0.2, 0.25) is 0 Å². The zero-order chi connectivity index (χ0) is 17.2. The molecule has 0 N–H and O–H groups in total. The van der Waals surface area contributed by atoms with Gasteiger partial charge in [-0.05, 0) is 42.5 Å². The summed E-state index contributed by atoms with van der Waals surface area (Å²) in [5.74, 6) is 0.451. The van der Waals surface area contributed by atoms with Gasteiger partial charge in [0.25, 0.3) is 5.88 Å². The Morgan fingerprint density at radius 3 is 2.56 bits per heavy atom. The number of hydrogen-bond acceptors (Lipinski definition) is 6. The highest BCUT2D eigenvalue weighted by atomic mass is 32.1. The van der Waals surface area contributed by atoms with Gasteiger partial charge in [0.15, 0.2) is 0 Å². The van der Waals surface area contributed by atoms with Crippen molar-refractivity contribution in [2.75, 3.05) is 0 Å². The molecule has 0 amide bonds. The topological polar surface area (TPSA) is 78.2 Å². The minimum atomic E-state index is -0.516. The summed E-state index contributed by atoms with van der Waals surface area (Å²) in [6, 6.07) is 18.1. The van der Waals surface area contributed by atoms with Gasteiger partial charge in [-0.2, -0.15) is 0 Å². The van der Waals surface area contributed by atoms with Gasteiger partial charge in [0.1, 0.15) is 10.8 Å². The number of para-hydroxylation sites is 1. The molecule has 2 heterocycles. The van der Waals surface area contributed by atoms with Crippen molar-refractivity contribution in [2.24, 2.45) is 0 Å². The summed E-state index contributed by atoms with van der Waals surface area (Å²) in [6.45, 7) is 0. The standard InChI is InChI=1S/C18H11N3O3S/c22-21(23)15-5-3-11-19-17(15)24-13-9-7-12(8-10-13)18-20-14-4-1-2-6-16(14)25-18/h1-11H. The Hall–Kier alpha value is -3.32. The molecule has 0 saturated carbocycles. The van der Waals surface area contributed by atoms with E-state index in [0.717, 1.165) is 20.8 Å². The monoisotopic (exact) mass is 349 g/mol. The van der Waals surface area contributed by atoms with Crippen LogP contribution in [0.15, 0.2) is 66.9 Å². The van der Waals surface area contributed by atoms with Crippen LogP contribution in [0.4, 0.5) is 5.69 Å². The summed E-state index contributed by atoms with van der Waals surface area (Å²) in [4.78, 5) is 19.0. The highest BCUT2D eigenvalue weighted by Crippen LogP contribution is 2.33.